The van der Waals surface area contributed by atoms with Crippen LogP contribution >= 0.6 is 0 Å². The van der Waals surface area contributed by atoms with Gasteiger partial charge in [0.1, 0.15) is 0 Å². The Kier molecular flexibility index (Phi) is 6.74. The number of aromatic nitrogens is 1. The van der Waals surface area contributed by atoms with E-state index in [4.69, 9.17) is 0 Å². The second kappa shape index (κ2) is 9.64. The van der Waals surface area contributed by atoms with E-state index < -0.39 is 0 Å². The summed E-state index contributed by atoms with van der Waals surface area (Å²) in [7, 11) is 0. The first-order valence-corrected chi connectivity index (χ1v) is 9.66. The van der Waals surface area contributed by atoms with Crippen LogP contribution in [0.15, 0.2) is 79.1 Å². The van der Waals surface area contributed by atoms with E-state index in [0.717, 1.165) is 11.1 Å². The van der Waals surface area contributed by atoms with Crippen molar-refractivity contribution < 1.29 is 9.59 Å². The molecule has 3 rings (SSSR count). The maximum absolute atomic E-state index is 13.1. The molecule has 0 saturated carbocycles. The molecule has 29 heavy (non-hydrogen) atoms. The van der Waals surface area contributed by atoms with Crippen LogP contribution in [0.2, 0.25) is 0 Å². The van der Waals surface area contributed by atoms with Gasteiger partial charge in [-0.3, -0.25) is 14.6 Å². The molecule has 2 aromatic carbocycles. The summed E-state index contributed by atoms with van der Waals surface area (Å²) in [6, 6.07) is 20.5. The van der Waals surface area contributed by atoms with Crippen molar-refractivity contribution in [3.05, 3.63) is 101 Å². The van der Waals surface area contributed by atoms with Crippen LogP contribution in [-0.2, 0) is 13.1 Å². The molecule has 0 aliphatic heterocycles. The number of hydrogen-bond acceptors (Lipinski definition) is 3. The molecule has 148 valence electrons. The minimum atomic E-state index is -0.220. The van der Waals surface area contributed by atoms with Crippen LogP contribution in [0.3, 0.4) is 0 Å². The van der Waals surface area contributed by atoms with Gasteiger partial charge in [-0.15, -0.1) is 0 Å². The zero-order chi connectivity index (χ0) is 20.6. The molecule has 1 aromatic heterocycles. The molecule has 5 heteroatoms. The Balaban J connectivity index is 1.72. The lowest BCUT2D eigenvalue weighted by atomic mass is 10.1. The molecular formula is C24H25N3O2. The number of amides is 2. The summed E-state index contributed by atoms with van der Waals surface area (Å²) >= 11 is 0. The number of pyridine rings is 1. The maximum atomic E-state index is 13.1. The van der Waals surface area contributed by atoms with E-state index in [1.165, 1.54) is 0 Å². The summed E-state index contributed by atoms with van der Waals surface area (Å²) in [5.41, 5.74) is 2.95. The van der Waals surface area contributed by atoms with Crippen LogP contribution in [0.1, 0.15) is 45.7 Å². The highest BCUT2D eigenvalue weighted by Crippen LogP contribution is 2.15. The zero-order valence-corrected chi connectivity index (χ0v) is 16.7. The normalized spacial score (nSPS) is 10.6. The summed E-state index contributed by atoms with van der Waals surface area (Å²) in [5, 5.41) is 2.87. The predicted octanol–water partition coefficient (Wildman–Crippen LogP) is 4.06. The predicted molar refractivity (Wildman–Crippen MR) is 113 cm³/mol. The summed E-state index contributed by atoms with van der Waals surface area (Å²) < 4.78 is 0. The Morgan fingerprint density at radius 3 is 2.34 bits per heavy atom. The van der Waals surface area contributed by atoms with E-state index >= 15 is 0 Å². The van der Waals surface area contributed by atoms with Crippen molar-refractivity contribution in [3.8, 4) is 0 Å². The third-order valence-corrected chi connectivity index (χ3v) is 4.63. The Morgan fingerprint density at radius 1 is 0.931 bits per heavy atom. The van der Waals surface area contributed by atoms with Crippen molar-refractivity contribution in [3.63, 3.8) is 0 Å². The monoisotopic (exact) mass is 387 g/mol. The van der Waals surface area contributed by atoms with Crippen LogP contribution in [0.4, 0.5) is 0 Å². The molecule has 0 aliphatic rings. The van der Waals surface area contributed by atoms with Crippen LogP contribution in [-0.4, -0.2) is 27.7 Å². The molecule has 0 saturated heterocycles. The van der Waals surface area contributed by atoms with E-state index in [1.54, 1.807) is 36.7 Å². The van der Waals surface area contributed by atoms with Gasteiger partial charge in [-0.2, -0.15) is 0 Å². The molecule has 0 atom stereocenters. The third kappa shape index (κ3) is 5.51. The Labute approximate surface area is 171 Å². The van der Waals surface area contributed by atoms with E-state index in [2.05, 4.69) is 10.3 Å². The van der Waals surface area contributed by atoms with Gasteiger partial charge in [-0.1, -0.05) is 42.5 Å². The lowest BCUT2D eigenvalue weighted by molar-refractivity contribution is 0.0690. The van der Waals surface area contributed by atoms with E-state index in [1.807, 2.05) is 61.2 Å². The van der Waals surface area contributed by atoms with E-state index in [0.29, 0.717) is 24.2 Å². The first-order valence-electron chi connectivity index (χ1n) is 9.66. The van der Waals surface area contributed by atoms with Crippen molar-refractivity contribution in [2.45, 2.75) is 33.0 Å². The second-order valence-electron chi connectivity index (χ2n) is 7.14. The number of nitrogens with one attached hydrogen (secondary N) is 1. The number of rotatable bonds is 7. The van der Waals surface area contributed by atoms with Gasteiger partial charge in [0.15, 0.2) is 0 Å². The van der Waals surface area contributed by atoms with Crippen molar-refractivity contribution in [1.82, 2.24) is 15.2 Å². The summed E-state index contributed by atoms with van der Waals surface area (Å²) in [6.45, 7) is 4.89. The number of carbonyl (C=O) groups excluding carboxylic acids is 2. The minimum Gasteiger partial charge on any atom is -0.348 e. The molecule has 2 amide bonds. The van der Waals surface area contributed by atoms with Gasteiger partial charge in [-0.05, 0) is 49.2 Å². The second-order valence-corrected chi connectivity index (χ2v) is 7.14. The topological polar surface area (TPSA) is 62.3 Å². The Bertz CT molecular complexity index is 956. The highest BCUT2D eigenvalue weighted by Gasteiger charge is 2.20. The Hall–Kier alpha value is -3.47. The van der Waals surface area contributed by atoms with Crippen molar-refractivity contribution in [2.75, 3.05) is 0 Å². The third-order valence-electron chi connectivity index (χ3n) is 4.63. The molecule has 0 spiro atoms. The van der Waals surface area contributed by atoms with Crippen molar-refractivity contribution in [2.24, 2.45) is 0 Å². The zero-order valence-electron chi connectivity index (χ0n) is 16.7. The fourth-order valence-electron chi connectivity index (χ4n) is 3.02. The van der Waals surface area contributed by atoms with Gasteiger partial charge >= 0.3 is 0 Å². The van der Waals surface area contributed by atoms with Gasteiger partial charge in [0, 0.05) is 42.7 Å². The molecule has 0 unspecified atom stereocenters. The summed E-state index contributed by atoms with van der Waals surface area (Å²) in [5.74, 6) is -0.312. The SMILES string of the molecule is CC(C)N(Cc1ccccc1)C(=O)c1cccc(C(=O)NCc2cccnc2)c1. The highest BCUT2D eigenvalue weighted by atomic mass is 16.2. The van der Waals surface area contributed by atoms with Gasteiger partial charge in [0.2, 0.25) is 0 Å². The van der Waals surface area contributed by atoms with Gasteiger partial charge in [-0.25, -0.2) is 0 Å². The van der Waals surface area contributed by atoms with Crippen LogP contribution < -0.4 is 5.32 Å². The molecule has 0 aliphatic carbocycles. The summed E-state index contributed by atoms with van der Waals surface area (Å²) in [4.78, 5) is 31.5. The fraction of sp³-hybridized carbons (Fsp3) is 0.208. The smallest absolute Gasteiger partial charge is 0.254 e. The maximum Gasteiger partial charge on any atom is 0.254 e. The van der Waals surface area contributed by atoms with Gasteiger partial charge in [0.25, 0.3) is 11.8 Å². The Morgan fingerprint density at radius 2 is 1.66 bits per heavy atom. The molecule has 1 heterocycles. The lowest BCUT2D eigenvalue weighted by Crippen LogP contribution is -2.36. The number of hydrogen-bond donors (Lipinski definition) is 1. The van der Waals surface area contributed by atoms with E-state index in [9.17, 15) is 9.59 Å². The molecule has 0 fully saturated rings. The van der Waals surface area contributed by atoms with Gasteiger partial charge < -0.3 is 10.2 Å². The van der Waals surface area contributed by atoms with Gasteiger partial charge in [0.05, 0.1) is 0 Å². The largest absolute Gasteiger partial charge is 0.348 e. The van der Waals surface area contributed by atoms with Crippen LogP contribution in [0.5, 0.6) is 0 Å². The average molecular weight is 387 g/mol. The molecule has 5 nitrogen and oxygen atoms in total. The first kappa shape index (κ1) is 20.3. The first-order chi connectivity index (χ1) is 14.0. The van der Waals surface area contributed by atoms with E-state index in [-0.39, 0.29) is 17.9 Å². The highest BCUT2D eigenvalue weighted by molar-refractivity contribution is 5.99. The van der Waals surface area contributed by atoms with Crippen LogP contribution in [0.25, 0.3) is 0 Å². The average Bonchev–Trinajstić information content (AvgIpc) is 2.76. The molecule has 1 N–H and O–H groups in total. The van der Waals surface area contributed by atoms with Crippen LogP contribution in [0, 0.1) is 0 Å². The van der Waals surface area contributed by atoms with Crippen molar-refractivity contribution >= 4 is 11.8 Å². The molecule has 0 bridgehead atoms. The summed E-state index contributed by atoms with van der Waals surface area (Å²) in [6.07, 6.45) is 3.40. The van der Waals surface area contributed by atoms with Crippen molar-refractivity contribution in [1.29, 1.82) is 0 Å². The molecule has 3 aromatic rings. The standard InChI is InChI=1S/C24H25N3O2/c1-18(2)27(17-19-8-4-3-5-9-19)24(29)22-12-6-11-21(14-22)23(28)26-16-20-10-7-13-25-15-20/h3-15,18H,16-17H2,1-2H3,(H,26,28). The number of carbonyl (C=O) groups is 2. The lowest BCUT2D eigenvalue weighted by Gasteiger charge is -2.27. The fourth-order valence-corrected chi connectivity index (χ4v) is 3.02. The molecule has 0 radical (unpaired) electrons. The number of nitrogens with zero attached hydrogens (tertiary/aromatic N) is 2. The molecular weight excluding hydrogens is 362 g/mol. The minimum absolute atomic E-state index is 0.0331. The quantitative estimate of drug-likeness (QED) is 0.665. The number of benzene rings is 2.